The molecule has 0 saturated heterocycles. The van der Waals surface area contributed by atoms with Gasteiger partial charge in [0.05, 0.1) is 0 Å². The van der Waals surface area contributed by atoms with Crippen LogP contribution in [0.3, 0.4) is 0 Å². The van der Waals surface area contributed by atoms with Crippen molar-refractivity contribution >= 4 is 34.5 Å². The van der Waals surface area contributed by atoms with Crippen molar-refractivity contribution in [1.29, 1.82) is 0 Å². The summed E-state index contributed by atoms with van der Waals surface area (Å²) in [6.07, 6.45) is 3.02. The molecule has 0 radical (unpaired) electrons. The highest BCUT2D eigenvalue weighted by Crippen LogP contribution is 2.19. The molecule has 0 aliphatic heterocycles. The average Bonchev–Trinajstić information content (AvgIpc) is 3.02. The highest BCUT2D eigenvalue weighted by Gasteiger charge is 2.09. The number of rotatable bonds is 4. The zero-order valence-corrected chi connectivity index (χ0v) is 14.0. The first-order valence-electron chi connectivity index (χ1n) is 7.82. The highest BCUT2D eigenvalue weighted by atomic mass is 16.3. The summed E-state index contributed by atoms with van der Waals surface area (Å²) in [6.45, 7) is 0. The zero-order valence-electron chi connectivity index (χ0n) is 14.0. The molecule has 2 aromatic carbocycles. The lowest BCUT2D eigenvalue weighted by molar-refractivity contribution is -0.111. The Labute approximate surface area is 145 Å². The second kappa shape index (κ2) is 7.05. The molecule has 0 fully saturated rings. The van der Waals surface area contributed by atoms with E-state index in [2.05, 4.69) is 5.32 Å². The number of para-hydroxylation sites is 1. The second-order valence-corrected chi connectivity index (χ2v) is 5.79. The van der Waals surface area contributed by atoms with Gasteiger partial charge in [0.1, 0.15) is 11.3 Å². The number of hydrogen-bond acceptors (Lipinski definition) is 3. The van der Waals surface area contributed by atoms with E-state index < -0.39 is 0 Å². The molecule has 1 N–H and O–H groups in total. The molecule has 0 bridgehead atoms. The summed E-state index contributed by atoms with van der Waals surface area (Å²) in [5, 5.41) is 3.73. The van der Waals surface area contributed by atoms with Crippen molar-refractivity contribution in [1.82, 2.24) is 4.90 Å². The standard InChI is InChI=1S/C20H18N2O3/c1-22(2)20(24)15-7-5-8-16(12-15)21-19(23)11-10-17-13-14-6-3-4-9-18(14)25-17/h3-13H,1-2H3,(H,21,23)/b11-10+. The molecule has 0 unspecified atom stereocenters. The lowest BCUT2D eigenvalue weighted by atomic mass is 10.2. The van der Waals surface area contributed by atoms with Gasteiger partial charge in [0.2, 0.25) is 5.91 Å². The minimum atomic E-state index is -0.296. The van der Waals surface area contributed by atoms with E-state index in [0.29, 0.717) is 17.0 Å². The van der Waals surface area contributed by atoms with Crippen molar-refractivity contribution in [3.63, 3.8) is 0 Å². The van der Waals surface area contributed by atoms with Crippen LogP contribution in [-0.2, 0) is 4.79 Å². The summed E-state index contributed by atoms with van der Waals surface area (Å²) >= 11 is 0. The molecule has 1 heterocycles. The van der Waals surface area contributed by atoms with Gasteiger partial charge in [0.25, 0.3) is 5.91 Å². The minimum absolute atomic E-state index is 0.117. The number of anilines is 1. The number of carbonyl (C=O) groups is 2. The molecular weight excluding hydrogens is 316 g/mol. The van der Waals surface area contributed by atoms with Crippen LogP contribution in [0.4, 0.5) is 5.69 Å². The third-order valence-corrected chi connectivity index (χ3v) is 3.63. The van der Waals surface area contributed by atoms with E-state index in [-0.39, 0.29) is 11.8 Å². The van der Waals surface area contributed by atoms with Crippen LogP contribution in [0.1, 0.15) is 16.1 Å². The maximum atomic E-state index is 12.1. The number of hydrogen-bond donors (Lipinski definition) is 1. The molecule has 126 valence electrons. The minimum Gasteiger partial charge on any atom is -0.457 e. The Morgan fingerprint density at radius 2 is 1.84 bits per heavy atom. The number of amides is 2. The molecule has 0 spiro atoms. The molecule has 3 rings (SSSR count). The third kappa shape index (κ3) is 3.95. The van der Waals surface area contributed by atoms with Crippen LogP contribution in [0.2, 0.25) is 0 Å². The van der Waals surface area contributed by atoms with Crippen LogP contribution in [-0.4, -0.2) is 30.8 Å². The summed E-state index contributed by atoms with van der Waals surface area (Å²) in [5.41, 5.74) is 1.86. The third-order valence-electron chi connectivity index (χ3n) is 3.63. The first kappa shape index (κ1) is 16.5. The molecule has 2 amide bonds. The van der Waals surface area contributed by atoms with Gasteiger partial charge in [0.15, 0.2) is 0 Å². The van der Waals surface area contributed by atoms with Crippen molar-refractivity contribution < 1.29 is 14.0 Å². The van der Waals surface area contributed by atoms with Gasteiger partial charge < -0.3 is 14.6 Å². The van der Waals surface area contributed by atoms with Gasteiger partial charge in [-0.05, 0) is 36.4 Å². The number of nitrogens with one attached hydrogen (secondary N) is 1. The van der Waals surface area contributed by atoms with Crippen molar-refractivity contribution in [2.45, 2.75) is 0 Å². The van der Waals surface area contributed by atoms with Crippen molar-refractivity contribution in [2.75, 3.05) is 19.4 Å². The zero-order chi connectivity index (χ0) is 17.8. The summed E-state index contributed by atoms with van der Waals surface area (Å²) in [6, 6.07) is 16.3. The fourth-order valence-electron chi connectivity index (χ4n) is 2.41. The number of carbonyl (C=O) groups excluding carboxylic acids is 2. The van der Waals surface area contributed by atoms with E-state index in [9.17, 15) is 9.59 Å². The summed E-state index contributed by atoms with van der Waals surface area (Å²) in [4.78, 5) is 25.5. The highest BCUT2D eigenvalue weighted by molar-refractivity contribution is 6.03. The molecule has 0 atom stereocenters. The van der Waals surface area contributed by atoms with E-state index in [0.717, 1.165) is 11.0 Å². The smallest absolute Gasteiger partial charge is 0.253 e. The van der Waals surface area contributed by atoms with E-state index in [1.54, 1.807) is 44.4 Å². The molecule has 0 aliphatic carbocycles. The maximum Gasteiger partial charge on any atom is 0.253 e. The second-order valence-electron chi connectivity index (χ2n) is 5.79. The summed E-state index contributed by atoms with van der Waals surface area (Å²) in [7, 11) is 3.37. The van der Waals surface area contributed by atoms with Crippen molar-refractivity contribution in [3.05, 3.63) is 72.0 Å². The van der Waals surface area contributed by atoms with Gasteiger partial charge in [0, 0.05) is 36.8 Å². The largest absolute Gasteiger partial charge is 0.457 e. The number of fused-ring (bicyclic) bond motifs is 1. The molecule has 3 aromatic rings. The Hall–Kier alpha value is -3.34. The van der Waals surface area contributed by atoms with Crippen molar-refractivity contribution in [2.24, 2.45) is 0 Å². The predicted molar refractivity (Wildman–Crippen MR) is 98.3 cm³/mol. The first-order chi connectivity index (χ1) is 12.0. The number of furan rings is 1. The molecule has 0 aliphatic rings. The quantitative estimate of drug-likeness (QED) is 0.739. The Bertz CT molecular complexity index is 921. The molecular formula is C20H18N2O3. The van der Waals surface area contributed by atoms with Crippen LogP contribution in [0.15, 0.2) is 65.1 Å². The fourth-order valence-corrected chi connectivity index (χ4v) is 2.41. The number of benzene rings is 2. The maximum absolute atomic E-state index is 12.1. The Morgan fingerprint density at radius 3 is 2.60 bits per heavy atom. The molecule has 0 saturated carbocycles. The summed E-state index contributed by atoms with van der Waals surface area (Å²) < 4.78 is 5.63. The lowest BCUT2D eigenvalue weighted by Crippen LogP contribution is -2.21. The van der Waals surface area contributed by atoms with E-state index in [1.165, 1.54) is 11.0 Å². The topological polar surface area (TPSA) is 62.6 Å². The van der Waals surface area contributed by atoms with Crippen LogP contribution < -0.4 is 5.32 Å². The average molecular weight is 334 g/mol. The number of nitrogens with zero attached hydrogens (tertiary/aromatic N) is 1. The lowest BCUT2D eigenvalue weighted by Gasteiger charge is -2.11. The van der Waals surface area contributed by atoms with Gasteiger partial charge in [-0.25, -0.2) is 0 Å². The Balaban J connectivity index is 1.70. The monoisotopic (exact) mass is 334 g/mol. The Kier molecular flexibility index (Phi) is 4.66. The van der Waals surface area contributed by atoms with Gasteiger partial charge in [-0.1, -0.05) is 24.3 Å². The van der Waals surface area contributed by atoms with Crippen LogP contribution >= 0.6 is 0 Å². The van der Waals surface area contributed by atoms with Crippen LogP contribution in [0.5, 0.6) is 0 Å². The Morgan fingerprint density at radius 1 is 1.04 bits per heavy atom. The van der Waals surface area contributed by atoms with Gasteiger partial charge in [-0.3, -0.25) is 9.59 Å². The first-order valence-corrected chi connectivity index (χ1v) is 7.82. The molecule has 1 aromatic heterocycles. The SMILES string of the molecule is CN(C)C(=O)c1cccc(NC(=O)/C=C/c2cc3ccccc3o2)c1. The predicted octanol–water partition coefficient (Wildman–Crippen LogP) is 3.79. The van der Waals surface area contributed by atoms with Crippen LogP contribution in [0, 0.1) is 0 Å². The summed E-state index contributed by atoms with van der Waals surface area (Å²) in [5.74, 6) is 0.191. The molecule has 5 heteroatoms. The molecule has 5 nitrogen and oxygen atoms in total. The van der Waals surface area contributed by atoms with Gasteiger partial charge in [-0.2, -0.15) is 0 Å². The van der Waals surface area contributed by atoms with E-state index >= 15 is 0 Å². The van der Waals surface area contributed by atoms with E-state index in [4.69, 9.17) is 4.42 Å². The normalized spacial score (nSPS) is 11.0. The van der Waals surface area contributed by atoms with Gasteiger partial charge >= 0.3 is 0 Å². The van der Waals surface area contributed by atoms with E-state index in [1.807, 2.05) is 30.3 Å². The van der Waals surface area contributed by atoms with Crippen molar-refractivity contribution in [3.8, 4) is 0 Å². The van der Waals surface area contributed by atoms with Crippen LogP contribution in [0.25, 0.3) is 17.0 Å². The molecule has 25 heavy (non-hydrogen) atoms. The van der Waals surface area contributed by atoms with Gasteiger partial charge in [-0.15, -0.1) is 0 Å². The fraction of sp³-hybridized carbons (Fsp3) is 0.100.